The molecule has 0 bridgehead atoms. The van der Waals surface area contributed by atoms with Gasteiger partial charge in [-0.3, -0.25) is 0 Å². The van der Waals surface area contributed by atoms with Crippen molar-refractivity contribution in [3.63, 3.8) is 0 Å². The molecule has 0 amide bonds. The highest BCUT2D eigenvalue weighted by Gasteiger charge is 2.32. The van der Waals surface area contributed by atoms with Crippen LogP contribution in [0.2, 0.25) is 0 Å². The van der Waals surface area contributed by atoms with Crippen LogP contribution in [0.5, 0.6) is 0 Å². The van der Waals surface area contributed by atoms with E-state index in [0.29, 0.717) is 11.0 Å². The Morgan fingerprint density at radius 3 is 2.58 bits per heavy atom. The van der Waals surface area contributed by atoms with Gasteiger partial charge in [-0.25, -0.2) is 0 Å². The zero-order valence-electron chi connectivity index (χ0n) is 11.9. The van der Waals surface area contributed by atoms with Gasteiger partial charge in [0.2, 0.25) is 0 Å². The minimum atomic E-state index is 0.424. The highest BCUT2D eigenvalue weighted by atomic mass is 32.1. The van der Waals surface area contributed by atoms with Gasteiger partial charge in [0.1, 0.15) is 4.99 Å². The second-order valence-corrected chi connectivity index (χ2v) is 5.69. The SMILES string of the molecule is CCCCN(c1nnc(C)c(C)c1C(N)=S)C1CC1. The highest BCUT2D eigenvalue weighted by Crippen LogP contribution is 2.33. The van der Waals surface area contributed by atoms with Crippen LogP contribution in [0.1, 0.15) is 49.4 Å². The van der Waals surface area contributed by atoms with Crippen molar-refractivity contribution in [2.75, 3.05) is 11.4 Å². The standard InChI is InChI=1S/C14H22N4S/c1-4-5-8-18(11-6-7-11)14-12(13(15)19)9(2)10(3)16-17-14/h11H,4-8H2,1-3H3,(H2,15,19). The molecule has 1 saturated carbocycles. The summed E-state index contributed by atoms with van der Waals surface area (Å²) in [5.74, 6) is 0.881. The lowest BCUT2D eigenvalue weighted by Gasteiger charge is -2.26. The van der Waals surface area contributed by atoms with Gasteiger partial charge >= 0.3 is 0 Å². The lowest BCUT2D eigenvalue weighted by atomic mass is 10.1. The lowest BCUT2D eigenvalue weighted by Crippen LogP contribution is -2.31. The molecule has 1 aromatic heterocycles. The van der Waals surface area contributed by atoms with Gasteiger partial charge in [0.05, 0.1) is 11.3 Å². The number of nitrogens with zero attached hydrogens (tertiary/aromatic N) is 3. The fourth-order valence-electron chi connectivity index (χ4n) is 2.27. The molecule has 1 fully saturated rings. The molecule has 4 nitrogen and oxygen atoms in total. The van der Waals surface area contributed by atoms with Crippen molar-refractivity contribution >= 4 is 23.0 Å². The minimum Gasteiger partial charge on any atom is -0.389 e. The van der Waals surface area contributed by atoms with E-state index in [4.69, 9.17) is 18.0 Å². The quantitative estimate of drug-likeness (QED) is 0.810. The smallest absolute Gasteiger partial charge is 0.162 e. The Hall–Kier alpha value is -1.23. The molecular weight excluding hydrogens is 256 g/mol. The molecule has 0 radical (unpaired) electrons. The third-order valence-corrected chi connectivity index (χ3v) is 3.90. The van der Waals surface area contributed by atoms with E-state index in [1.807, 2.05) is 13.8 Å². The predicted molar refractivity (Wildman–Crippen MR) is 82.7 cm³/mol. The number of hydrogen-bond donors (Lipinski definition) is 1. The summed E-state index contributed by atoms with van der Waals surface area (Å²) in [7, 11) is 0. The zero-order chi connectivity index (χ0) is 14.0. The molecule has 0 atom stereocenters. The largest absolute Gasteiger partial charge is 0.389 e. The topological polar surface area (TPSA) is 55.0 Å². The third-order valence-electron chi connectivity index (χ3n) is 3.69. The van der Waals surface area contributed by atoms with Crippen molar-refractivity contribution < 1.29 is 0 Å². The molecule has 2 rings (SSSR count). The van der Waals surface area contributed by atoms with Crippen LogP contribution >= 0.6 is 12.2 Å². The molecule has 0 saturated heterocycles. The van der Waals surface area contributed by atoms with E-state index in [9.17, 15) is 0 Å². The van der Waals surface area contributed by atoms with Crippen LogP contribution in [0.4, 0.5) is 5.82 Å². The second kappa shape index (κ2) is 5.82. The van der Waals surface area contributed by atoms with Crippen LogP contribution < -0.4 is 10.6 Å². The van der Waals surface area contributed by atoms with Gasteiger partial charge in [-0.15, -0.1) is 5.10 Å². The van der Waals surface area contributed by atoms with Crippen LogP contribution in [-0.2, 0) is 0 Å². The Morgan fingerprint density at radius 2 is 2.05 bits per heavy atom. The van der Waals surface area contributed by atoms with Gasteiger partial charge in [0.15, 0.2) is 5.82 Å². The monoisotopic (exact) mass is 278 g/mol. The van der Waals surface area contributed by atoms with Crippen molar-refractivity contribution in [3.8, 4) is 0 Å². The van der Waals surface area contributed by atoms with Gasteiger partial charge in [-0.1, -0.05) is 25.6 Å². The summed E-state index contributed by atoms with van der Waals surface area (Å²) in [5, 5.41) is 8.64. The Labute approximate surface area is 120 Å². The van der Waals surface area contributed by atoms with Crippen molar-refractivity contribution in [1.29, 1.82) is 0 Å². The molecule has 1 aromatic rings. The maximum atomic E-state index is 5.91. The van der Waals surface area contributed by atoms with E-state index in [0.717, 1.165) is 35.6 Å². The first-order chi connectivity index (χ1) is 9.06. The lowest BCUT2D eigenvalue weighted by molar-refractivity contribution is 0.695. The number of thiocarbonyl (C=S) groups is 1. The fraction of sp³-hybridized carbons (Fsp3) is 0.643. The molecule has 2 N–H and O–H groups in total. The van der Waals surface area contributed by atoms with E-state index >= 15 is 0 Å². The zero-order valence-corrected chi connectivity index (χ0v) is 12.8. The molecule has 0 aromatic carbocycles. The van der Waals surface area contributed by atoms with Crippen LogP contribution in [0.3, 0.4) is 0 Å². The van der Waals surface area contributed by atoms with Gasteiger partial charge in [0.25, 0.3) is 0 Å². The molecule has 5 heteroatoms. The molecule has 1 aliphatic rings. The van der Waals surface area contributed by atoms with Crippen LogP contribution in [0.25, 0.3) is 0 Å². The van der Waals surface area contributed by atoms with Crippen molar-refractivity contribution in [2.45, 2.75) is 52.5 Å². The van der Waals surface area contributed by atoms with E-state index in [2.05, 4.69) is 22.0 Å². The number of anilines is 1. The number of hydrogen-bond acceptors (Lipinski definition) is 4. The Balaban J connectivity index is 2.41. The summed E-state index contributed by atoms with van der Waals surface area (Å²) >= 11 is 5.22. The van der Waals surface area contributed by atoms with Crippen molar-refractivity contribution in [1.82, 2.24) is 10.2 Å². The van der Waals surface area contributed by atoms with Crippen LogP contribution in [0, 0.1) is 13.8 Å². The summed E-state index contributed by atoms with van der Waals surface area (Å²) in [4.78, 5) is 2.77. The maximum absolute atomic E-state index is 5.91. The Bertz CT molecular complexity index is 483. The molecule has 19 heavy (non-hydrogen) atoms. The number of rotatable bonds is 6. The fourth-order valence-corrected chi connectivity index (χ4v) is 2.51. The minimum absolute atomic E-state index is 0.424. The molecule has 104 valence electrons. The van der Waals surface area contributed by atoms with Crippen LogP contribution in [0.15, 0.2) is 0 Å². The molecule has 0 unspecified atom stereocenters. The first-order valence-electron chi connectivity index (χ1n) is 6.96. The Morgan fingerprint density at radius 1 is 1.37 bits per heavy atom. The summed E-state index contributed by atoms with van der Waals surface area (Å²) in [6, 6.07) is 0.594. The molecular formula is C14H22N4S. The number of unbranched alkanes of at least 4 members (excludes halogenated alkanes) is 1. The van der Waals surface area contributed by atoms with Crippen molar-refractivity contribution in [3.05, 3.63) is 16.8 Å². The first kappa shape index (κ1) is 14.2. The maximum Gasteiger partial charge on any atom is 0.162 e. The number of aromatic nitrogens is 2. The number of nitrogens with two attached hydrogens (primary N) is 1. The van der Waals surface area contributed by atoms with Crippen molar-refractivity contribution in [2.24, 2.45) is 5.73 Å². The summed E-state index contributed by atoms with van der Waals surface area (Å²) in [6.45, 7) is 7.17. The average Bonchev–Trinajstić information content (AvgIpc) is 3.18. The summed E-state index contributed by atoms with van der Waals surface area (Å²) in [5.41, 5.74) is 8.77. The molecule has 0 aliphatic heterocycles. The van der Waals surface area contributed by atoms with Gasteiger partial charge in [-0.2, -0.15) is 5.10 Å². The van der Waals surface area contributed by atoms with E-state index in [1.165, 1.54) is 19.3 Å². The molecule has 0 spiro atoms. The first-order valence-corrected chi connectivity index (χ1v) is 7.37. The van der Waals surface area contributed by atoms with Gasteiger partial charge in [-0.05, 0) is 38.7 Å². The molecule has 1 heterocycles. The molecule has 1 aliphatic carbocycles. The van der Waals surface area contributed by atoms with E-state index in [1.54, 1.807) is 0 Å². The van der Waals surface area contributed by atoms with Gasteiger partial charge < -0.3 is 10.6 Å². The Kier molecular flexibility index (Phi) is 4.34. The average molecular weight is 278 g/mol. The summed E-state index contributed by atoms with van der Waals surface area (Å²) in [6.07, 6.45) is 4.79. The van der Waals surface area contributed by atoms with Crippen LogP contribution in [-0.4, -0.2) is 27.8 Å². The van der Waals surface area contributed by atoms with E-state index in [-0.39, 0.29) is 0 Å². The summed E-state index contributed by atoms with van der Waals surface area (Å²) < 4.78 is 0. The number of aryl methyl sites for hydroxylation is 1. The highest BCUT2D eigenvalue weighted by molar-refractivity contribution is 7.80. The third kappa shape index (κ3) is 3.03. The van der Waals surface area contributed by atoms with E-state index < -0.39 is 0 Å². The van der Waals surface area contributed by atoms with Gasteiger partial charge in [0, 0.05) is 12.6 Å². The predicted octanol–water partition coefficient (Wildman–Crippen LogP) is 2.50. The second-order valence-electron chi connectivity index (χ2n) is 5.25. The normalized spacial score (nSPS) is 14.5.